The maximum absolute atomic E-state index is 11.2. The highest BCUT2D eigenvalue weighted by molar-refractivity contribution is 5.83. The zero-order valence-electron chi connectivity index (χ0n) is 7.61. The molecule has 0 radical (unpaired) electrons. The van der Waals surface area contributed by atoms with Crippen molar-refractivity contribution in [1.82, 2.24) is 5.43 Å². The summed E-state index contributed by atoms with van der Waals surface area (Å²) in [7, 11) is 1.26. The Kier molecular flexibility index (Phi) is 3.23. The average Bonchev–Trinajstić information content (AvgIpc) is 2.27. The molecule has 0 fully saturated rings. The van der Waals surface area contributed by atoms with Gasteiger partial charge in [0.05, 0.1) is 12.7 Å². The number of carbonyl (C=O) groups excluding carboxylic acids is 2. The number of carbonyl (C=O) groups is 1. The molecule has 0 spiro atoms. The summed E-state index contributed by atoms with van der Waals surface area (Å²) in [4.78, 5) is 21.7. The number of esters is 1. The van der Waals surface area contributed by atoms with Gasteiger partial charge in [-0.15, -0.1) is 0 Å². The number of hydrogen-bond acceptors (Lipinski definition) is 5. The van der Waals surface area contributed by atoms with Crippen molar-refractivity contribution < 1.29 is 14.3 Å². The van der Waals surface area contributed by atoms with Gasteiger partial charge < -0.3 is 10.2 Å². The SMILES string of the molecule is COC(=O)C1C=CC(NN)=CC1=C=O. The number of hydrazine groups is 1. The highest BCUT2D eigenvalue weighted by Gasteiger charge is 2.23. The van der Waals surface area contributed by atoms with Crippen molar-refractivity contribution in [2.45, 2.75) is 0 Å². The minimum atomic E-state index is -0.686. The molecule has 14 heavy (non-hydrogen) atoms. The van der Waals surface area contributed by atoms with Crippen LogP contribution in [0.3, 0.4) is 0 Å². The Balaban J connectivity index is 2.96. The number of ether oxygens (including phenoxy) is 1. The van der Waals surface area contributed by atoms with Gasteiger partial charge in [-0.25, -0.2) is 4.79 Å². The first kappa shape index (κ1) is 10.2. The normalized spacial score (nSPS) is 19.7. The number of nitrogens with two attached hydrogens (primary N) is 1. The van der Waals surface area contributed by atoms with Gasteiger partial charge in [0.1, 0.15) is 11.9 Å². The van der Waals surface area contributed by atoms with Crippen LogP contribution in [0.4, 0.5) is 0 Å². The molecule has 5 nitrogen and oxygen atoms in total. The Bertz CT molecular complexity index is 351. The summed E-state index contributed by atoms with van der Waals surface area (Å²) in [6.07, 6.45) is 4.58. The van der Waals surface area contributed by atoms with Crippen LogP contribution >= 0.6 is 0 Å². The minimum Gasteiger partial charge on any atom is -0.468 e. The van der Waals surface area contributed by atoms with Crippen LogP contribution in [-0.4, -0.2) is 19.0 Å². The molecule has 0 aromatic rings. The van der Waals surface area contributed by atoms with Gasteiger partial charge in [-0.3, -0.25) is 10.6 Å². The van der Waals surface area contributed by atoms with E-state index >= 15 is 0 Å². The summed E-state index contributed by atoms with van der Waals surface area (Å²) >= 11 is 0. The number of allylic oxidation sites excluding steroid dienone is 2. The third-order valence-electron chi connectivity index (χ3n) is 1.85. The van der Waals surface area contributed by atoms with Gasteiger partial charge in [0, 0.05) is 5.70 Å². The summed E-state index contributed by atoms with van der Waals surface area (Å²) in [5.41, 5.74) is 3.11. The molecule has 1 atom stereocenters. The lowest BCUT2D eigenvalue weighted by Crippen LogP contribution is -2.24. The molecule has 0 saturated heterocycles. The molecule has 0 saturated carbocycles. The molecule has 3 N–H and O–H groups in total. The summed E-state index contributed by atoms with van der Waals surface area (Å²) in [5, 5.41) is 0. The van der Waals surface area contributed by atoms with Crippen molar-refractivity contribution in [1.29, 1.82) is 0 Å². The Hall–Kier alpha value is -1.84. The van der Waals surface area contributed by atoms with Gasteiger partial charge >= 0.3 is 5.97 Å². The maximum Gasteiger partial charge on any atom is 0.317 e. The molecule has 1 rings (SSSR count). The lowest BCUT2D eigenvalue weighted by molar-refractivity contribution is -0.142. The van der Waals surface area contributed by atoms with E-state index in [-0.39, 0.29) is 5.57 Å². The van der Waals surface area contributed by atoms with Gasteiger partial charge in [-0.2, -0.15) is 0 Å². The van der Waals surface area contributed by atoms with E-state index in [9.17, 15) is 9.59 Å². The molecule has 5 heteroatoms. The molecule has 0 amide bonds. The Morgan fingerprint density at radius 3 is 2.93 bits per heavy atom. The number of rotatable bonds is 2. The fourth-order valence-corrected chi connectivity index (χ4v) is 1.12. The highest BCUT2D eigenvalue weighted by Crippen LogP contribution is 2.19. The fraction of sp³-hybridized carbons (Fsp3) is 0.222. The quantitative estimate of drug-likeness (QED) is 0.267. The second-order valence-corrected chi connectivity index (χ2v) is 2.66. The van der Waals surface area contributed by atoms with Crippen LogP contribution in [0.2, 0.25) is 0 Å². The van der Waals surface area contributed by atoms with Crippen molar-refractivity contribution in [2.24, 2.45) is 11.8 Å². The van der Waals surface area contributed by atoms with Crippen LogP contribution < -0.4 is 11.3 Å². The van der Waals surface area contributed by atoms with E-state index < -0.39 is 11.9 Å². The molecule has 1 aliphatic rings. The van der Waals surface area contributed by atoms with Crippen molar-refractivity contribution in [3.63, 3.8) is 0 Å². The van der Waals surface area contributed by atoms with E-state index in [2.05, 4.69) is 10.2 Å². The topological polar surface area (TPSA) is 81.4 Å². The standard InChI is InChI=1S/C9H10N2O3/c1-14-9(13)8-3-2-7(11-10)4-6(8)5-12/h2-4,8,11H,10H2,1H3. The Morgan fingerprint density at radius 2 is 2.43 bits per heavy atom. The van der Waals surface area contributed by atoms with E-state index in [0.717, 1.165) is 0 Å². The zero-order valence-corrected chi connectivity index (χ0v) is 7.61. The van der Waals surface area contributed by atoms with Crippen LogP contribution in [0, 0.1) is 5.92 Å². The van der Waals surface area contributed by atoms with Crippen LogP contribution in [0.15, 0.2) is 29.5 Å². The van der Waals surface area contributed by atoms with Crippen molar-refractivity contribution in [3.05, 3.63) is 29.5 Å². The monoisotopic (exact) mass is 194 g/mol. The third-order valence-corrected chi connectivity index (χ3v) is 1.85. The van der Waals surface area contributed by atoms with E-state index in [4.69, 9.17) is 5.84 Å². The molecule has 0 aromatic carbocycles. The van der Waals surface area contributed by atoms with E-state index in [0.29, 0.717) is 5.70 Å². The summed E-state index contributed by atoms with van der Waals surface area (Å²) in [6.45, 7) is 0. The summed E-state index contributed by atoms with van der Waals surface area (Å²) in [6, 6.07) is 0. The molecule has 0 bridgehead atoms. The molecule has 1 aliphatic carbocycles. The summed E-state index contributed by atoms with van der Waals surface area (Å²) in [5.74, 6) is 5.64. The van der Waals surface area contributed by atoms with Gasteiger partial charge in [0.2, 0.25) is 0 Å². The average molecular weight is 194 g/mol. The second kappa shape index (κ2) is 4.41. The zero-order chi connectivity index (χ0) is 10.6. The van der Waals surface area contributed by atoms with Crippen LogP contribution in [0.1, 0.15) is 0 Å². The van der Waals surface area contributed by atoms with Crippen molar-refractivity contribution >= 4 is 11.9 Å². The lowest BCUT2D eigenvalue weighted by atomic mass is 9.95. The predicted octanol–water partition coefficient (Wildman–Crippen LogP) is -0.549. The Morgan fingerprint density at radius 1 is 1.71 bits per heavy atom. The van der Waals surface area contributed by atoms with Gasteiger partial charge in [-0.1, -0.05) is 6.08 Å². The van der Waals surface area contributed by atoms with Gasteiger partial charge in [-0.05, 0) is 12.2 Å². The molecule has 0 aliphatic heterocycles. The fourth-order valence-electron chi connectivity index (χ4n) is 1.12. The van der Waals surface area contributed by atoms with Gasteiger partial charge in [0.15, 0.2) is 0 Å². The number of nitrogens with one attached hydrogen (secondary N) is 1. The first-order valence-electron chi connectivity index (χ1n) is 3.92. The molecular formula is C9H10N2O3. The van der Waals surface area contributed by atoms with E-state index in [1.54, 1.807) is 12.0 Å². The van der Waals surface area contributed by atoms with Crippen molar-refractivity contribution in [2.75, 3.05) is 7.11 Å². The lowest BCUT2D eigenvalue weighted by Gasteiger charge is -2.14. The largest absolute Gasteiger partial charge is 0.468 e. The van der Waals surface area contributed by atoms with Crippen LogP contribution in [0.25, 0.3) is 0 Å². The minimum absolute atomic E-state index is 0.201. The number of methoxy groups -OCH3 is 1. The molecule has 0 heterocycles. The molecule has 1 unspecified atom stereocenters. The van der Waals surface area contributed by atoms with Crippen LogP contribution in [-0.2, 0) is 14.3 Å². The van der Waals surface area contributed by atoms with E-state index in [1.165, 1.54) is 19.3 Å². The van der Waals surface area contributed by atoms with Gasteiger partial charge in [0.25, 0.3) is 0 Å². The van der Waals surface area contributed by atoms with Crippen LogP contribution in [0.5, 0.6) is 0 Å². The van der Waals surface area contributed by atoms with E-state index in [1.807, 2.05) is 0 Å². The Labute approximate surface area is 80.9 Å². The first-order valence-corrected chi connectivity index (χ1v) is 3.92. The predicted molar refractivity (Wildman–Crippen MR) is 49.3 cm³/mol. The number of hydrogen-bond donors (Lipinski definition) is 2. The second-order valence-electron chi connectivity index (χ2n) is 2.66. The first-order chi connectivity index (χ1) is 6.72. The molecule has 74 valence electrons. The highest BCUT2D eigenvalue weighted by atomic mass is 16.5. The summed E-state index contributed by atoms with van der Waals surface area (Å²) < 4.78 is 4.52. The maximum atomic E-state index is 11.2. The molecule has 0 aromatic heterocycles. The smallest absolute Gasteiger partial charge is 0.317 e. The van der Waals surface area contributed by atoms with Crippen molar-refractivity contribution in [3.8, 4) is 0 Å². The molecular weight excluding hydrogens is 184 g/mol. The third kappa shape index (κ3) is 1.90.